The van der Waals surface area contributed by atoms with Gasteiger partial charge in [-0.2, -0.15) is 5.10 Å². The van der Waals surface area contributed by atoms with Crippen LogP contribution in [-0.2, 0) is 4.79 Å². The lowest BCUT2D eigenvalue weighted by Gasteiger charge is -2.10. The average Bonchev–Trinajstić information content (AvgIpc) is 2.89. The van der Waals surface area contributed by atoms with Gasteiger partial charge in [0, 0.05) is 0 Å². The number of benzene rings is 3. The predicted octanol–water partition coefficient (Wildman–Crippen LogP) is 4.93. The van der Waals surface area contributed by atoms with Gasteiger partial charge in [-0.15, -0.1) is 0 Å². The molecule has 0 aliphatic rings. The smallest absolute Gasteiger partial charge is 0.343 e. The van der Waals surface area contributed by atoms with Crippen LogP contribution in [0, 0.1) is 6.92 Å². The van der Waals surface area contributed by atoms with Gasteiger partial charge < -0.3 is 18.9 Å². The molecule has 1 N–H and O–H groups in total. The summed E-state index contributed by atoms with van der Waals surface area (Å²) >= 11 is 0. The zero-order chi connectivity index (χ0) is 25.8. The molecule has 0 aliphatic heterocycles. The molecule has 0 aliphatic carbocycles. The van der Waals surface area contributed by atoms with Crippen LogP contribution in [-0.4, -0.2) is 38.4 Å². The van der Waals surface area contributed by atoms with Gasteiger partial charge in [0.2, 0.25) is 0 Å². The second-order valence-electron chi connectivity index (χ2n) is 7.92. The fourth-order valence-electron chi connectivity index (χ4n) is 3.09. The number of unbranched alkanes of at least 4 members (excludes halogenated alkanes) is 1. The van der Waals surface area contributed by atoms with E-state index in [1.54, 1.807) is 48.5 Å². The first kappa shape index (κ1) is 26.3. The molecule has 8 nitrogen and oxygen atoms in total. The van der Waals surface area contributed by atoms with E-state index in [1.807, 2.05) is 25.1 Å². The largest absolute Gasteiger partial charge is 0.494 e. The number of carbonyl (C=O) groups is 2. The molecule has 0 radical (unpaired) electrons. The van der Waals surface area contributed by atoms with Crippen molar-refractivity contribution < 1.29 is 28.5 Å². The van der Waals surface area contributed by atoms with E-state index in [4.69, 9.17) is 18.9 Å². The van der Waals surface area contributed by atoms with Gasteiger partial charge >= 0.3 is 5.97 Å². The summed E-state index contributed by atoms with van der Waals surface area (Å²) < 4.78 is 21.9. The van der Waals surface area contributed by atoms with Gasteiger partial charge in [0.25, 0.3) is 5.91 Å². The maximum Gasteiger partial charge on any atom is 0.343 e. The molecule has 0 saturated heterocycles. The van der Waals surface area contributed by atoms with Crippen molar-refractivity contribution in [1.82, 2.24) is 5.43 Å². The Kier molecular flexibility index (Phi) is 9.88. The number of nitrogens with zero attached hydrogens (tertiary/aromatic N) is 1. The monoisotopic (exact) mass is 490 g/mol. The van der Waals surface area contributed by atoms with E-state index < -0.39 is 11.9 Å². The first-order chi connectivity index (χ1) is 17.5. The van der Waals surface area contributed by atoms with E-state index in [9.17, 15) is 9.59 Å². The molecule has 188 valence electrons. The van der Waals surface area contributed by atoms with Crippen molar-refractivity contribution in [3.8, 4) is 23.0 Å². The Labute approximate surface area is 210 Å². The number of carbonyl (C=O) groups excluding carboxylic acids is 2. The average molecular weight is 491 g/mol. The number of rotatable bonds is 12. The molecule has 36 heavy (non-hydrogen) atoms. The highest BCUT2D eigenvalue weighted by Crippen LogP contribution is 2.28. The summed E-state index contributed by atoms with van der Waals surface area (Å²) in [6.45, 7) is 4.51. The minimum Gasteiger partial charge on any atom is -0.494 e. The molecule has 0 aromatic heterocycles. The topological polar surface area (TPSA) is 95.5 Å². The van der Waals surface area contributed by atoms with E-state index >= 15 is 0 Å². The molecule has 3 aromatic carbocycles. The number of methoxy groups -OCH3 is 1. The highest BCUT2D eigenvalue weighted by atomic mass is 16.6. The Morgan fingerprint density at radius 1 is 0.944 bits per heavy atom. The normalized spacial score (nSPS) is 10.6. The molecule has 0 bridgehead atoms. The number of aryl methyl sites for hydroxylation is 1. The quantitative estimate of drug-likeness (QED) is 0.127. The fraction of sp³-hybridized carbons (Fsp3) is 0.250. The van der Waals surface area contributed by atoms with Gasteiger partial charge in [-0.1, -0.05) is 25.5 Å². The van der Waals surface area contributed by atoms with Crippen LogP contribution in [0.1, 0.15) is 41.3 Å². The summed E-state index contributed by atoms with van der Waals surface area (Å²) in [5, 5.41) is 3.94. The Balaban J connectivity index is 1.53. The number of hydrazone groups is 1. The molecule has 0 unspecified atom stereocenters. The second-order valence-corrected chi connectivity index (χ2v) is 7.92. The van der Waals surface area contributed by atoms with Crippen molar-refractivity contribution in [2.45, 2.75) is 26.7 Å². The lowest BCUT2D eigenvalue weighted by atomic mass is 10.2. The standard InChI is InChI=1S/C28H30N2O6/c1-4-5-15-34-23-12-10-22(11-13-23)28(32)36-25-14-9-21(17-26(25)33-3)18-29-30-27(31)19-35-24-8-6-7-20(2)16-24/h6-14,16-18H,4-5,15,19H2,1-3H3,(H,30,31). The van der Waals surface area contributed by atoms with Gasteiger partial charge in [0.15, 0.2) is 18.1 Å². The van der Waals surface area contributed by atoms with Crippen LogP contribution in [0.3, 0.4) is 0 Å². The van der Waals surface area contributed by atoms with Crippen LogP contribution < -0.4 is 24.4 Å². The third-order valence-electron chi connectivity index (χ3n) is 5.01. The summed E-state index contributed by atoms with van der Waals surface area (Å²) in [5.74, 6) is 1.01. The number of esters is 1. The molecule has 0 spiro atoms. The van der Waals surface area contributed by atoms with Crippen molar-refractivity contribution in [2.75, 3.05) is 20.3 Å². The van der Waals surface area contributed by atoms with E-state index in [0.717, 1.165) is 18.4 Å². The first-order valence-corrected chi connectivity index (χ1v) is 11.6. The summed E-state index contributed by atoms with van der Waals surface area (Å²) in [7, 11) is 1.47. The van der Waals surface area contributed by atoms with Gasteiger partial charge in [-0.3, -0.25) is 4.79 Å². The minimum absolute atomic E-state index is 0.162. The molecular formula is C28H30N2O6. The van der Waals surface area contributed by atoms with Gasteiger partial charge in [-0.05, 0) is 79.1 Å². The van der Waals surface area contributed by atoms with E-state index in [-0.39, 0.29) is 12.4 Å². The molecule has 0 atom stereocenters. The molecular weight excluding hydrogens is 460 g/mol. The highest BCUT2D eigenvalue weighted by Gasteiger charge is 2.13. The molecule has 0 fully saturated rings. The van der Waals surface area contributed by atoms with Gasteiger partial charge in [0.1, 0.15) is 11.5 Å². The van der Waals surface area contributed by atoms with Crippen LogP contribution in [0.15, 0.2) is 71.8 Å². The Hall–Kier alpha value is -4.33. The fourth-order valence-corrected chi connectivity index (χ4v) is 3.09. The van der Waals surface area contributed by atoms with Crippen molar-refractivity contribution in [2.24, 2.45) is 5.10 Å². The Morgan fingerprint density at radius 3 is 2.47 bits per heavy atom. The zero-order valence-electron chi connectivity index (χ0n) is 20.7. The Bertz CT molecular complexity index is 1190. The molecule has 8 heteroatoms. The molecule has 3 rings (SSSR count). The van der Waals surface area contributed by atoms with Crippen LogP contribution >= 0.6 is 0 Å². The van der Waals surface area contributed by atoms with E-state index in [1.165, 1.54) is 13.3 Å². The first-order valence-electron chi connectivity index (χ1n) is 11.6. The summed E-state index contributed by atoms with van der Waals surface area (Å²) in [5.41, 5.74) is 4.48. The lowest BCUT2D eigenvalue weighted by molar-refractivity contribution is -0.123. The molecule has 1 amide bonds. The van der Waals surface area contributed by atoms with Crippen molar-refractivity contribution in [3.63, 3.8) is 0 Å². The molecule has 0 heterocycles. The maximum atomic E-state index is 12.6. The minimum atomic E-state index is -0.518. The third kappa shape index (κ3) is 8.16. The van der Waals surface area contributed by atoms with Crippen LogP contribution in [0.4, 0.5) is 0 Å². The Morgan fingerprint density at radius 2 is 1.75 bits per heavy atom. The number of nitrogens with one attached hydrogen (secondary N) is 1. The predicted molar refractivity (Wildman–Crippen MR) is 137 cm³/mol. The van der Waals surface area contributed by atoms with E-state index in [2.05, 4.69) is 17.5 Å². The highest BCUT2D eigenvalue weighted by molar-refractivity contribution is 5.92. The maximum absolute atomic E-state index is 12.6. The number of hydrogen-bond donors (Lipinski definition) is 1. The molecule has 0 saturated carbocycles. The SMILES string of the molecule is CCCCOc1ccc(C(=O)Oc2ccc(C=NNC(=O)COc3cccc(C)c3)cc2OC)cc1. The zero-order valence-corrected chi connectivity index (χ0v) is 20.7. The van der Waals surface area contributed by atoms with Gasteiger partial charge in [-0.25, -0.2) is 10.2 Å². The van der Waals surface area contributed by atoms with Crippen LogP contribution in [0.5, 0.6) is 23.0 Å². The van der Waals surface area contributed by atoms with E-state index in [0.29, 0.717) is 35.0 Å². The summed E-state index contributed by atoms with van der Waals surface area (Å²) in [6, 6.07) is 19.1. The van der Waals surface area contributed by atoms with Crippen LogP contribution in [0.2, 0.25) is 0 Å². The number of hydrogen-bond acceptors (Lipinski definition) is 7. The molecule has 3 aromatic rings. The van der Waals surface area contributed by atoms with Crippen molar-refractivity contribution in [3.05, 3.63) is 83.4 Å². The van der Waals surface area contributed by atoms with Crippen molar-refractivity contribution in [1.29, 1.82) is 0 Å². The van der Waals surface area contributed by atoms with Gasteiger partial charge in [0.05, 0.1) is 25.5 Å². The number of amides is 1. The van der Waals surface area contributed by atoms with Crippen molar-refractivity contribution >= 4 is 18.1 Å². The van der Waals surface area contributed by atoms with Crippen LogP contribution in [0.25, 0.3) is 0 Å². The third-order valence-corrected chi connectivity index (χ3v) is 5.01. The summed E-state index contributed by atoms with van der Waals surface area (Å²) in [6.07, 6.45) is 3.48. The second kappa shape index (κ2) is 13.5. The lowest BCUT2D eigenvalue weighted by Crippen LogP contribution is -2.24. The summed E-state index contributed by atoms with van der Waals surface area (Å²) in [4.78, 5) is 24.5. The number of ether oxygens (including phenoxy) is 4.